The summed E-state index contributed by atoms with van der Waals surface area (Å²) in [7, 11) is 0. The van der Waals surface area contributed by atoms with Crippen LogP contribution in [-0.4, -0.2) is 15.1 Å². The molecule has 0 amide bonds. The van der Waals surface area contributed by atoms with Crippen molar-refractivity contribution in [1.82, 2.24) is 9.97 Å². The van der Waals surface area contributed by atoms with Crippen LogP contribution in [0.25, 0.3) is 44.9 Å². The zero-order valence-corrected chi connectivity index (χ0v) is 19.8. The fraction of sp³-hybridized carbons (Fsp3) is 0.0625. The number of aromatic hydroxyl groups is 1. The van der Waals surface area contributed by atoms with Crippen molar-refractivity contribution in [3.63, 3.8) is 0 Å². The summed E-state index contributed by atoms with van der Waals surface area (Å²) >= 11 is 0. The van der Waals surface area contributed by atoms with Crippen molar-refractivity contribution >= 4 is 11.1 Å². The van der Waals surface area contributed by atoms with Gasteiger partial charge in [0, 0.05) is 23.2 Å². The molecule has 174 valence electrons. The second-order valence-electron chi connectivity index (χ2n) is 8.84. The first-order valence-electron chi connectivity index (χ1n) is 12.0. The first kappa shape index (κ1) is 21.8. The normalized spacial score (nSPS) is 12.0. The third-order valence-corrected chi connectivity index (χ3v) is 6.62. The number of para-hydroxylation sites is 2. The summed E-state index contributed by atoms with van der Waals surface area (Å²) in [6, 6.07) is 36.1. The second-order valence-corrected chi connectivity index (χ2v) is 8.84. The Balaban J connectivity index is 1.51. The van der Waals surface area contributed by atoms with E-state index in [0.29, 0.717) is 17.0 Å². The molecule has 1 atom stereocenters. The molecule has 36 heavy (non-hydrogen) atoms. The molecule has 0 bridgehead atoms. The van der Waals surface area contributed by atoms with Crippen molar-refractivity contribution in [3.05, 3.63) is 127 Å². The number of hydrogen-bond acceptors (Lipinski definition) is 4. The zero-order valence-electron chi connectivity index (χ0n) is 19.8. The molecule has 4 aromatic carbocycles. The molecule has 0 fully saturated rings. The average Bonchev–Trinajstić information content (AvgIpc) is 3.38. The van der Waals surface area contributed by atoms with E-state index in [1.807, 2.05) is 48.7 Å². The molecule has 2 heterocycles. The highest BCUT2D eigenvalue weighted by Gasteiger charge is 2.19. The molecule has 4 heteroatoms. The summed E-state index contributed by atoms with van der Waals surface area (Å²) in [5, 5.41) is 10.3. The minimum Gasteiger partial charge on any atom is -0.507 e. The van der Waals surface area contributed by atoms with Crippen LogP contribution in [0.2, 0.25) is 0 Å². The molecule has 1 N–H and O–H groups in total. The Morgan fingerprint density at radius 3 is 2.31 bits per heavy atom. The summed E-state index contributed by atoms with van der Waals surface area (Å²) in [4.78, 5) is 9.46. The van der Waals surface area contributed by atoms with Gasteiger partial charge in [-0.2, -0.15) is 0 Å². The quantitative estimate of drug-likeness (QED) is 0.278. The van der Waals surface area contributed by atoms with Gasteiger partial charge < -0.3 is 9.52 Å². The number of rotatable bonds is 5. The predicted molar refractivity (Wildman–Crippen MR) is 144 cm³/mol. The summed E-state index contributed by atoms with van der Waals surface area (Å²) < 4.78 is 6.05. The average molecular weight is 469 g/mol. The minimum atomic E-state index is 0.141. The van der Waals surface area contributed by atoms with Gasteiger partial charge >= 0.3 is 0 Å². The minimum absolute atomic E-state index is 0.141. The Bertz CT molecular complexity index is 1660. The van der Waals surface area contributed by atoms with Gasteiger partial charge in [0.25, 0.3) is 0 Å². The van der Waals surface area contributed by atoms with Gasteiger partial charge in [-0.15, -0.1) is 0 Å². The standard InChI is InChI=1S/C32H24N2O2/c1-21(22-10-3-2-4-11-22)24-18-17-23(20-27(24)28-14-7-8-19-33-28)25-13-9-16-30-31(25)34-32(36-30)26-12-5-6-15-29(26)35/h2-21,35H,1H3. The molecule has 6 aromatic rings. The second kappa shape index (κ2) is 9.16. The third-order valence-electron chi connectivity index (χ3n) is 6.62. The van der Waals surface area contributed by atoms with E-state index in [-0.39, 0.29) is 11.7 Å². The molecule has 0 spiro atoms. The van der Waals surface area contributed by atoms with Gasteiger partial charge in [0.05, 0.1) is 11.3 Å². The molecule has 6 rings (SSSR count). The molecule has 0 saturated heterocycles. The maximum Gasteiger partial charge on any atom is 0.231 e. The molecule has 2 aromatic heterocycles. The molecule has 0 aliphatic carbocycles. The lowest BCUT2D eigenvalue weighted by Gasteiger charge is -2.18. The van der Waals surface area contributed by atoms with Gasteiger partial charge in [-0.1, -0.05) is 79.7 Å². The maximum atomic E-state index is 10.3. The van der Waals surface area contributed by atoms with Crippen LogP contribution in [0.4, 0.5) is 0 Å². The van der Waals surface area contributed by atoms with Crippen molar-refractivity contribution in [2.24, 2.45) is 0 Å². The molecule has 4 nitrogen and oxygen atoms in total. The number of phenols is 1. The van der Waals surface area contributed by atoms with Crippen molar-refractivity contribution in [1.29, 1.82) is 0 Å². The lowest BCUT2D eigenvalue weighted by molar-refractivity contribution is 0.474. The molecule has 0 saturated carbocycles. The van der Waals surface area contributed by atoms with E-state index in [1.54, 1.807) is 18.2 Å². The topological polar surface area (TPSA) is 59.2 Å². The Kier molecular flexibility index (Phi) is 5.55. The van der Waals surface area contributed by atoms with E-state index >= 15 is 0 Å². The number of hydrogen-bond donors (Lipinski definition) is 1. The number of fused-ring (bicyclic) bond motifs is 1. The number of pyridine rings is 1. The molecule has 1 unspecified atom stereocenters. The van der Waals surface area contributed by atoms with Crippen LogP contribution in [0.3, 0.4) is 0 Å². The van der Waals surface area contributed by atoms with Crippen molar-refractivity contribution in [2.45, 2.75) is 12.8 Å². The lowest BCUT2D eigenvalue weighted by atomic mass is 9.86. The van der Waals surface area contributed by atoms with E-state index in [0.717, 1.165) is 27.9 Å². The van der Waals surface area contributed by atoms with Crippen LogP contribution >= 0.6 is 0 Å². The summed E-state index contributed by atoms with van der Waals surface area (Å²) in [5.74, 6) is 0.741. The Morgan fingerprint density at radius 1 is 0.722 bits per heavy atom. The van der Waals surface area contributed by atoms with Gasteiger partial charge in [-0.25, -0.2) is 4.98 Å². The van der Waals surface area contributed by atoms with Crippen LogP contribution in [0.1, 0.15) is 24.0 Å². The van der Waals surface area contributed by atoms with E-state index in [9.17, 15) is 5.11 Å². The van der Waals surface area contributed by atoms with Crippen LogP contribution in [0.5, 0.6) is 5.75 Å². The number of oxazole rings is 1. The van der Waals surface area contributed by atoms with E-state index in [2.05, 4.69) is 60.4 Å². The molecule has 0 aliphatic heterocycles. The highest BCUT2D eigenvalue weighted by molar-refractivity contribution is 5.93. The Labute approximate surface area is 209 Å². The molecule has 0 aliphatic rings. The van der Waals surface area contributed by atoms with Crippen LogP contribution < -0.4 is 0 Å². The SMILES string of the molecule is CC(c1ccccc1)c1ccc(-c2cccc3oc(-c4ccccc4O)nc23)cc1-c1ccccn1. The van der Waals surface area contributed by atoms with E-state index in [1.165, 1.54) is 11.1 Å². The number of benzene rings is 4. The fourth-order valence-corrected chi connectivity index (χ4v) is 4.72. The maximum absolute atomic E-state index is 10.3. The predicted octanol–water partition coefficient (Wildman–Crippen LogP) is 8.08. The zero-order chi connectivity index (χ0) is 24.5. The Morgan fingerprint density at radius 2 is 1.50 bits per heavy atom. The van der Waals surface area contributed by atoms with E-state index in [4.69, 9.17) is 9.40 Å². The van der Waals surface area contributed by atoms with Crippen LogP contribution in [0.15, 0.2) is 120 Å². The number of nitrogens with zero attached hydrogens (tertiary/aromatic N) is 2. The van der Waals surface area contributed by atoms with Crippen molar-refractivity contribution in [3.8, 4) is 39.6 Å². The highest BCUT2D eigenvalue weighted by atomic mass is 16.3. The fourth-order valence-electron chi connectivity index (χ4n) is 4.72. The monoisotopic (exact) mass is 468 g/mol. The largest absolute Gasteiger partial charge is 0.507 e. The summed E-state index contributed by atoms with van der Waals surface area (Å²) in [6.45, 7) is 2.23. The van der Waals surface area contributed by atoms with E-state index < -0.39 is 0 Å². The molecule has 0 radical (unpaired) electrons. The van der Waals surface area contributed by atoms with Gasteiger partial charge in [-0.05, 0) is 53.1 Å². The summed E-state index contributed by atoms with van der Waals surface area (Å²) in [5.41, 5.74) is 8.49. The third kappa shape index (κ3) is 3.93. The highest BCUT2D eigenvalue weighted by Crippen LogP contribution is 2.38. The molecular formula is C32H24N2O2. The first-order chi connectivity index (χ1) is 17.7. The smallest absolute Gasteiger partial charge is 0.231 e. The number of phenolic OH excluding ortho intramolecular Hbond substituents is 1. The first-order valence-corrected chi connectivity index (χ1v) is 12.0. The van der Waals surface area contributed by atoms with Crippen molar-refractivity contribution < 1.29 is 9.52 Å². The van der Waals surface area contributed by atoms with Gasteiger partial charge in [0.15, 0.2) is 5.58 Å². The number of aromatic nitrogens is 2. The summed E-state index contributed by atoms with van der Waals surface area (Å²) in [6.07, 6.45) is 1.83. The van der Waals surface area contributed by atoms with Gasteiger partial charge in [-0.3, -0.25) is 4.98 Å². The lowest BCUT2D eigenvalue weighted by Crippen LogP contribution is -2.00. The van der Waals surface area contributed by atoms with Crippen LogP contribution in [-0.2, 0) is 0 Å². The van der Waals surface area contributed by atoms with Gasteiger partial charge in [0.1, 0.15) is 11.3 Å². The van der Waals surface area contributed by atoms with Crippen LogP contribution in [0, 0.1) is 0 Å². The Hall–Kier alpha value is -4.70. The van der Waals surface area contributed by atoms with Crippen molar-refractivity contribution in [2.75, 3.05) is 0 Å². The molecular weight excluding hydrogens is 444 g/mol. The van der Waals surface area contributed by atoms with Gasteiger partial charge in [0.2, 0.25) is 5.89 Å².